The van der Waals surface area contributed by atoms with Crippen molar-refractivity contribution in [3.63, 3.8) is 0 Å². The number of fused-ring (bicyclic) bond motifs is 1. The van der Waals surface area contributed by atoms with Gasteiger partial charge in [-0.15, -0.1) is 6.58 Å². The first-order chi connectivity index (χ1) is 10.6. The summed E-state index contributed by atoms with van der Waals surface area (Å²) in [6.45, 7) is 14.8. The van der Waals surface area contributed by atoms with E-state index in [4.69, 9.17) is 4.98 Å². The minimum atomic E-state index is -0.182. The van der Waals surface area contributed by atoms with Crippen molar-refractivity contribution >= 4 is 6.03 Å². The van der Waals surface area contributed by atoms with E-state index in [1.165, 1.54) is 0 Å². The number of urea groups is 1. The Bertz CT molecular complexity index is 602. The molecular weight excluding hydrogens is 288 g/mol. The minimum Gasteiger partial charge on any atom is -0.335 e. The molecule has 0 bridgehead atoms. The average molecular weight is 316 g/mol. The van der Waals surface area contributed by atoms with E-state index in [1.54, 1.807) is 6.08 Å². The van der Waals surface area contributed by atoms with E-state index in [-0.39, 0.29) is 22.9 Å². The Hall–Kier alpha value is -1.91. The van der Waals surface area contributed by atoms with Crippen molar-refractivity contribution in [1.29, 1.82) is 0 Å². The molecule has 1 atom stereocenters. The van der Waals surface area contributed by atoms with Gasteiger partial charge in [-0.25, -0.2) is 14.8 Å². The smallest absolute Gasteiger partial charge is 0.315 e. The van der Waals surface area contributed by atoms with Crippen molar-refractivity contribution < 1.29 is 4.79 Å². The zero-order valence-electron chi connectivity index (χ0n) is 14.9. The first-order valence-corrected chi connectivity index (χ1v) is 8.14. The maximum absolute atomic E-state index is 12.0. The quantitative estimate of drug-likeness (QED) is 0.841. The van der Waals surface area contributed by atoms with E-state index >= 15 is 0 Å². The van der Waals surface area contributed by atoms with Crippen LogP contribution in [0.15, 0.2) is 18.9 Å². The number of hydrogen-bond donors (Lipinski definition) is 2. The lowest BCUT2D eigenvalue weighted by Crippen LogP contribution is -2.42. The van der Waals surface area contributed by atoms with Crippen molar-refractivity contribution in [3.8, 4) is 0 Å². The number of nitrogens with one attached hydrogen (secondary N) is 2. The van der Waals surface area contributed by atoms with Gasteiger partial charge in [0.15, 0.2) is 0 Å². The summed E-state index contributed by atoms with van der Waals surface area (Å²) in [5, 5.41) is 5.81. The number of carbonyl (C=O) groups is 1. The summed E-state index contributed by atoms with van der Waals surface area (Å²) in [6, 6.07) is -0.244. The lowest BCUT2D eigenvalue weighted by molar-refractivity contribution is 0.221. The van der Waals surface area contributed by atoms with Gasteiger partial charge >= 0.3 is 6.03 Å². The molecule has 23 heavy (non-hydrogen) atoms. The van der Waals surface area contributed by atoms with Gasteiger partial charge in [0.2, 0.25) is 0 Å². The van der Waals surface area contributed by atoms with E-state index < -0.39 is 0 Å². The monoisotopic (exact) mass is 316 g/mol. The molecule has 0 aromatic carbocycles. The largest absolute Gasteiger partial charge is 0.335 e. The lowest BCUT2D eigenvalue weighted by Gasteiger charge is -2.37. The second kappa shape index (κ2) is 6.30. The summed E-state index contributed by atoms with van der Waals surface area (Å²) in [4.78, 5) is 21.3. The SMILES string of the molecule is C=CCNC(=O)N[C@H]1CC(C)(C)Cc2nc(C(C)(C)C)ncc21. The third kappa shape index (κ3) is 4.30. The van der Waals surface area contributed by atoms with E-state index in [9.17, 15) is 4.79 Å². The van der Waals surface area contributed by atoms with Crippen LogP contribution in [-0.4, -0.2) is 22.5 Å². The third-order valence-electron chi connectivity index (χ3n) is 4.06. The highest BCUT2D eigenvalue weighted by atomic mass is 16.2. The maximum Gasteiger partial charge on any atom is 0.315 e. The van der Waals surface area contributed by atoms with Gasteiger partial charge in [0.05, 0.1) is 6.04 Å². The van der Waals surface area contributed by atoms with E-state index in [1.807, 2.05) is 6.20 Å². The fourth-order valence-corrected chi connectivity index (χ4v) is 2.91. The van der Waals surface area contributed by atoms with Gasteiger partial charge < -0.3 is 10.6 Å². The Kier molecular flexibility index (Phi) is 4.78. The van der Waals surface area contributed by atoms with Crippen LogP contribution in [0.5, 0.6) is 0 Å². The molecular formula is C18H28N4O. The zero-order valence-corrected chi connectivity index (χ0v) is 14.9. The Morgan fingerprint density at radius 1 is 1.48 bits per heavy atom. The predicted octanol–water partition coefficient (Wildman–Crippen LogP) is 3.27. The highest BCUT2D eigenvalue weighted by molar-refractivity contribution is 5.74. The van der Waals surface area contributed by atoms with E-state index in [0.29, 0.717) is 6.54 Å². The molecule has 0 saturated heterocycles. The van der Waals surface area contributed by atoms with Gasteiger partial charge in [0.25, 0.3) is 0 Å². The van der Waals surface area contributed by atoms with Gasteiger partial charge in [-0.05, 0) is 18.3 Å². The van der Waals surface area contributed by atoms with Crippen molar-refractivity contribution in [1.82, 2.24) is 20.6 Å². The Balaban J connectivity index is 2.29. The van der Waals surface area contributed by atoms with Crippen LogP contribution in [-0.2, 0) is 11.8 Å². The molecule has 0 saturated carbocycles. The van der Waals surface area contributed by atoms with Gasteiger partial charge in [0, 0.05) is 29.4 Å². The number of nitrogens with zero attached hydrogens (tertiary/aromatic N) is 2. The summed E-state index contributed by atoms with van der Waals surface area (Å²) < 4.78 is 0. The molecule has 1 aliphatic rings. The van der Waals surface area contributed by atoms with Crippen molar-refractivity contribution in [2.45, 2.75) is 58.9 Å². The van der Waals surface area contributed by atoms with Gasteiger partial charge in [-0.1, -0.05) is 40.7 Å². The molecule has 0 fully saturated rings. The van der Waals surface area contributed by atoms with Gasteiger partial charge in [-0.3, -0.25) is 0 Å². The number of rotatable bonds is 3. The van der Waals surface area contributed by atoms with Crippen LogP contribution in [0.4, 0.5) is 4.79 Å². The molecule has 0 aliphatic heterocycles. The molecule has 2 amide bonds. The van der Waals surface area contributed by atoms with Crippen molar-refractivity contribution in [2.75, 3.05) is 6.54 Å². The molecule has 1 aromatic heterocycles. The fourth-order valence-electron chi connectivity index (χ4n) is 2.91. The van der Waals surface area contributed by atoms with Gasteiger partial charge in [-0.2, -0.15) is 0 Å². The van der Waals surface area contributed by atoms with E-state index in [0.717, 1.165) is 29.9 Å². The predicted molar refractivity (Wildman–Crippen MR) is 92.3 cm³/mol. The lowest BCUT2D eigenvalue weighted by atomic mass is 9.74. The second-order valence-corrected chi connectivity index (χ2v) is 8.09. The number of hydrogen-bond acceptors (Lipinski definition) is 3. The molecule has 2 N–H and O–H groups in total. The molecule has 1 aliphatic carbocycles. The molecule has 0 unspecified atom stereocenters. The molecule has 126 valence electrons. The molecule has 1 heterocycles. The average Bonchev–Trinajstić information content (AvgIpc) is 2.42. The molecule has 5 heteroatoms. The number of aromatic nitrogens is 2. The summed E-state index contributed by atoms with van der Waals surface area (Å²) in [6.07, 6.45) is 5.33. The van der Waals surface area contributed by atoms with Crippen LogP contribution in [0.2, 0.25) is 0 Å². The van der Waals surface area contributed by atoms with Crippen LogP contribution in [0.25, 0.3) is 0 Å². The molecule has 0 radical (unpaired) electrons. The molecule has 2 rings (SSSR count). The second-order valence-electron chi connectivity index (χ2n) is 8.09. The first-order valence-electron chi connectivity index (χ1n) is 8.14. The molecule has 1 aromatic rings. The van der Waals surface area contributed by atoms with Gasteiger partial charge in [0.1, 0.15) is 5.82 Å². The summed E-state index contributed by atoms with van der Waals surface area (Å²) >= 11 is 0. The minimum absolute atomic E-state index is 0.0624. The van der Waals surface area contributed by atoms with Crippen LogP contribution in [0.1, 0.15) is 64.2 Å². The Morgan fingerprint density at radius 2 is 2.17 bits per heavy atom. The zero-order chi connectivity index (χ0) is 17.3. The summed E-state index contributed by atoms with van der Waals surface area (Å²) in [5.74, 6) is 0.851. The van der Waals surface area contributed by atoms with Crippen LogP contribution in [0, 0.1) is 5.41 Å². The van der Waals surface area contributed by atoms with Crippen LogP contribution < -0.4 is 10.6 Å². The third-order valence-corrected chi connectivity index (χ3v) is 4.06. The Morgan fingerprint density at radius 3 is 2.78 bits per heavy atom. The first kappa shape index (κ1) is 17.4. The number of carbonyl (C=O) groups excluding carboxylic acids is 1. The van der Waals surface area contributed by atoms with Crippen LogP contribution >= 0.6 is 0 Å². The Labute approximate surface area is 139 Å². The highest BCUT2D eigenvalue weighted by Gasteiger charge is 2.35. The van der Waals surface area contributed by atoms with Crippen molar-refractivity contribution in [3.05, 3.63) is 35.9 Å². The normalized spacial score (nSPS) is 19.6. The molecule has 5 nitrogen and oxygen atoms in total. The number of amides is 2. The highest BCUT2D eigenvalue weighted by Crippen LogP contribution is 2.40. The standard InChI is InChI=1S/C18H28N4O/c1-7-8-19-16(23)22-14-10-18(5,6)9-13-12(14)11-20-15(21-13)17(2,3)4/h7,11,14H,1,8-10H2,2-6H3,(H2,19,22,23)/t14-/m0/s1. The summed E-state index contributed by atoms with van der Waals surface area (Å²) in [7, 11) is 0. The summed E-state index contributed by atoms with van der Waals surface area (Å²) in [5.41, 5.74) is 2.09. The van der Waals surface area contributed by atoms with E-state index in [2.05, 4.69) is 56.8 Å². The van der Waals surface area contributed by atoms with Crippen molar-refractivity contribution in [2.24, 2.45) is 5.41 Å². The fraction of sp³-hybridized carbons (Fsp3) is 0.611. The molecule has 0 spiro atoms. The topological polar surface area (TPSA) is 66.9 Å². The van der Waals surface area contributed by atoms with Crippen LogP contribution in [0.3, 0.4) is 0 Å². The maximum atomic E-state index is 12.0.